The van der Waals surface area contributed by atoms with Gasteiger partial charge in [0.25, 0.3) is 0 Å². The SMILES string of the molecule is Cc1ccc(N(C)c2cccc(F)n2)c(C)c1. The van der Waals surface area contributed by atoms with E-state index in [-0.39, 0.29) is 0 Å². The standard InChI is InChI=1S/C14H15FN2/c1-10-7-8-12(11(2)9-10)17(3)14-6-4-5-13(15)16-14/h4-9H,1-3H3. The largest absolute Gasteiger partial charge is 0.329 e. The predicted octanol–water partition coefficient (Wildman–Crippen LogP) is 3.61. The summed E-state index contributed by atoms with van der Waals surface area (Å²) in [7, 11) is 1.89. The number of aryl methyl sites for hydroxylation is 2. The first-order chi connectivity index (χ1) is 8.08. The molecule has 0 saturated heterocycles. The van der Waals surface area contributed by atoms with E-state index >= 15 is 0 Å². The normalized spacial score (nSPS) is 10.4. The maximum atomic E-state index is 13.1. The molecule has 0 amide bonds. The van der Waals surface area contributed by atoms with E-state index in [1.807, 2.05) is 31.0 Å². The molecule has 2 aromatic rings. The van der Waals surface area contributed by atoms with E-state index in [1.54, 1.807) is 12.1 Å². The van der Waals surface area contributed by atoms with Crippen LogP contribution in [-0.2, 0) is 0 Å². The van der Waals surface area contributed by atoms with Crippen LogP contribution in [0.2, 0.25) is 0 Å². The molecule has 0 saturated carbocycles. The Morgan fingerprint density at radius 3 is 2.53 bits per heavy atom. The highest BCUT2D eigenvalue weighted by molar-refractivity contribution is 5.63. The van der Waals surface area contributed by atoms with Crippen LogP contribution in [0.25, 0.3) is 0 Å². The van der Waals surface area contributed by atoms with Gasteiger partial charge in [0.05, 0.1) is 0 Å². The Morgan fingerprint density at radius 1 is 1.12 bits per heavy atom. The van der Waals surface area contributed by atoms with E-state index in [2.05, 4.69) is 18.0 Å². The number of aromatic nitrogens is 1. The van der Waals surface area contributed by atoms with Crippen LogP contribution in [0.1, 0.15) is 11.1 Å². The van der Waals surface area contributed by atoms with Crippen molar-refractivity contribution >= 4 is 11.5 Å². The molecular weight excluding hydrogens is 215 g/mol. The highest BCUT2D eigenvalue weighted by Gasteiger charge is 2.08. The summed E-state index contributed by atoms with van der Waals surface area (Å²) in [6.45, 7) is 4.09. The van der Waals surface area contributed by atoms with Crippen molar-refractivity contribution in [3.8, 4) is 0 Å². The number of pyridine rings is 1. The van der Waals surface area contributed by atoms with Crippen LogP contribution in [0, 0.1) is 19.8 Å². The second kappa shape index (κ2) is 4.53. The Morgan fingerprint density at radius 2 is 1.88 bits per heavy atom. The third-order valence-corrected chi connectivity index (χ3v) is 2.76. The van der Waals surface area contributed by atoms with Gasteiger partial charge < -0.3 is 4.90 Å². The predicted molar refractivity (Wildman–Crippen MR) is 68.2 cm³/mol. The molecule has 0 atom stereocenters. The molecule has 88 valence electrons. The Kier molecular flexibility index (Phi) is 3.09. The van der Waals surface area contributed by atoms with Crippen molar-refractivity contribution in [2.24, 2.45) is 0 Å². The highest BCUT2D eigenvalue weighted by Crippen LogP contribution is 2.25. The van der Waals surface area contributed by atoms with Gasteiger partial charge in [-0.05, 0) is 37.6 Å². The molecule has 1 aromatic carbocycles. The minimum Gasteiger partial charge on any atom is -0.329 e. The summed E-state index contributed by atoms with van der Waals surface area (Å²) in [5.41, 5.74) is 3.40. The second-order valence-corrected chi connectivity index (χ2v) is 4.17. The number of rotatable bonds is 2. The molecule has 0 aliphatic rings. The number of nitrogens with zero attached hydrogens (tertiary/aromatic N) is 2. The quantitative estimate of drug-likeness (QED) is 0.733. The third kappa shape index (κ3) is 2.44. The molecule has 17 heavy (non-hydrogen) atoms. The lowest BCUT2D eigenvalue weighted by molar-refractivity contribution is 0.584. The maximum Gasteiger partial charge on any atom is 0.214 e. The van der Waals surface area contributed by atoms with Gasteiger partial charge in [0.2, 0.25) is 5.95 Å². The number of benzene rings is 1. The average Bonchev–Trinajstić information content (AvgIpc) is 2.28. The van der Waals surface area contributed by atoms with Gasteiger partial charge in [-0.2, -0.15) is 4.39 Å². The van der Waals surface area contributed by atoms with E-state index in [1.165, 1.54) is 11.6 Å². The van der Waals surface area contributed by atoms with Crippen LogP contribution in [0.5, 0.6) is 0 Å². The monoisotopic (exact) mass is 230 g/mol. The number of anilines is 2. The van der Waals surface area contributed by atoms with Gasteiger partial charge in [-0.1, -0.05) is 23.8 Å². The molecule has 0 aliphatic heterocycles. The zero-order valence-electron chi connectivity index (χ0n) is 10.2. The fraction of sp³-hybridized carbons (Fsp3) is 0.214. The summed E-state index contributed by atoms with van der Waals surface area (Å²) in [5.74, 6) is 0.149. The molecule has 0 fully saturated rings. The number of hydrogen-bond donors (Lipinski definition) is 0. The molecule has 0 N–H and O–H groups in total. The smallest absolute Gasteiger partial charge is 0.214 e. The summed E-state index contributed by atoms with van der Waals surface area (Å²) >= 11 is 0. The van der Waals surface area contributed by atoms with Crippen LogP contribution in [0.3, 0.4) is 0 Å². The zero-order valence-corrected chi connectivity index (χ0v) is 10.2. The number of hydrogen-bond acceptors (Lipinski definition) is 2. The van der Waals surface area contributed by atoms with Gasteiger partial charge in [0.15, 0.2) is 0 Å². The van der Waals surface area contributed by atoms with Crippen molar-refractivity contribution in [2.75, 3.05) is 11.9 Å². The maximum absolute atomic E-state index is 13.1. The molecule has 1 aromatic heterocycles. The van der Waals surface area contributed by atoms with Crippen LogP contribution in [0.15, 0.2) is 36.4 Å². The molecule has 1 heterocycles. The van der Waals surface area contributed by atoms with E-state index < -0.39 is 5.95 Å². The van der Waals surface area contributed by atoms with E-state index in [4.69, 9.17) is 0 Å². The van der Waals surface area contributed by atoms with Crippen LogP contribution in [-0.4, -0.2) is 12.0 Å². The lowest BCUT2D eigenvalue weighted by Crippen LogP contribution is -2.12. The van der Waals surface area contributed by atoms with Crippen LogP contribution < -0.4 is 4.90 Å². The van der Waals surface area contributed by atoms with Gasteiger partial charge >= 0.3 is 0 Å². The molecule has 0 spiro atoms. The topological polar surface area (TPSA) is 16.1 Å². The fourth-order valence-corrected chi connectivity index (χ4v) is 1.89. The molecule has 0 aliphatic carbocycles. The van der Waals surface area contributed by atoms with Crippen molar-refractivity contribution in [1.82, 2.24) is 4.98 Å². The molecule has 3 heteroatoms. The summed E-state index contributed by atoms with van der Waals surface area (Å²) in [4.78, 5) is 5.76. The van der Waals surface area contributed by atoms with Crippen LogP contribution >= 0.6 is 0 Å². The summed E-state index contributed by atoms with van der Waals surface area (Å²) in [6.07, 6.45) is 0. The van der Waals surface area contributed by atoms with Gasteiger partial charge in [-0.25, -0.2) is 4.98 Å². The average molecular weight is 230 g/mol. The van der Waals surface area contributed by atoms with Crippen molar-refractivity contribution in [3.05, 3.63) is 53.5 Å². The molecule has 0 bridgehead atoms. The Hall–Kier alpha value is -1.90. The summed E-state index contributed by atoms with van der Waals surface area (Å²) in [5, 5.41) is 0. The first-order valence-corrected chi connectivity index (χ1v) is 5.51. The Balaban J connectivity index is 2.40. The zero-order chi connectivity index (χ0) is 12.4. The van der Waals surface area contributed by atoms with Crippen molar-refractivity contribution in [3.63, 3.8) is 0 Å². The van der Waals surface area contributed by atoms with Gasteiger partial charge in [0.1, 0.15) is 5.82 Å². The van der Waals surface area contributed by atoms with Crippen molar-refractivity contribution in [2.45, 2.75) is 13.8 Å². The molecule has 2 nitrogen and oxygen atoms in total. The molecule has 0 radical (unpaired) electrons. The number of halogens is 1. The van der Waals surface area contributed by atoms with Crippen molar-refractivity contribution < 1.29 is 4.39 Å². The first kappa shape index (κ1) is 11.6. The highest BCUT2D eigenvalue weighted by atomic mass is 19.1. The molecule has 0 unspecified atom stereocenters. The summed E-state index contributed by atoms with van der Waals surface area (Å²) in [6, 6.07) is 11.0. The fourth-order valence-electron chi connectivity index (χ4n) is 1.89. The van der Waals surface area contributed by atoms with E-state index in [0.717, 1.165) is 11.3 Å². The van der Waals surface area contributed by atoms with Gasteiger partial charge in [-0.3, -0.25) is 0 Å². The van der Waals surface area contributed by atoms with Gasteiger partial charge in [0, 0.05) is 12.7 Å². The second-order valence-electron chi connectivity index (χ2n) is 4.17. The molecule has 2 rings (SSSR count). The lowest BCUT2D eigenvalue weighted by atomic mass is 10.1. The first-order valence-electron chi connectivity index (χ1n) is 5.51. The van der Waals surface area contributed by atoms with Crippen molar-refractivity contribution in [1.29, 1.82) is 0 Å². The van der Waals surface area contributed by atoms with E-state index in [9.17, 15) is 4.39 Å². The summed E-state index contributed by atoms with van der Waals surface area (Å²) < 4.78 is 13.1. The minimum absolute atomic E-state index is 0.459. The van der Waals surface area contributed by atoms with E-state index in [0.29, 0.717) is 5.82 Å². The van der Waals surface area contributed by atoms with Crippen LogP contribution in [0.4, 0.5) is 15.9 Å². The Labute approximate surface area is 101 Å². The third-order valence-electron chi connectivity index (χ3n) is 2.76. The minimum atomic E-state index is -0.459. The molecular formula is C14H15FN2. The lowest BCUT2D eigenvalue weighted by Gasteiger charge is -2.20. The van der Waals surface area contributed by atoms with Gasteiger partial charge in [-0.15, -0.1) is 0 Å². The Bertz CT molecular complexity index is 537.